The van der Waals surface area contributed by atoms with Crippen molar-refractivity contribution in [3.63, 3.8) is 0 Å². The predicted molar refractivity (Wildman–Crippen MR) is 88.2 cm³/mol. The number of nitrogens with one attached hydrogen (secondary N) is 1. The van der Waals surface area contributed by atoms with E-state index < -0.39 is 0 Å². The number of rotatable bonds is 5. The Morgan fingerprint density at radius 3 is 2.82 bits per heavy atom. The van der Waals surface area contributed by atoms with E-state index in [-0.39, 0.29) is 12.1 Å². The van der Waals surface area contributed by atoms with Gasteiger partial charge in [-0.1, -0.05) is 19.3 Å². The van der Waals surface area contributed by atoms with Gasteiger partial charge in [0, 0.05) is 19.8 Å². The topological polar surface area (TPSA) is 54.5 Å². The summed E-state index contributed by atoms with van der Waals surface area (Å²) in [5, 5.41) is 2.90. The van der Waals surface area contributed by atoms with Crippen LogP contribution in [-0.4, -0.2) is 35.6 Å². The van der Waals surface area contributed by atoms with Crippen molar-refractivity contribution in [2.75, 3.05) is 18.9 Å². The van der Waals surface area contributed by atoms with Crippen LogP contribution >= 0.6 is 0 Å². The lowest BCUT2D eigenvalue weighted by molar-refractivity contribution is 0.204. The highest BCUT2D eigenvalue weighted by molar-refractivity contribution is 5.90. The largest absolute Gasteiger partial charge is 0.473 e. The molecule has 1 aromatic heterocycles. The number of anilines is 1. The number of pyridine rings is 1. The van der Waals surface area contributed by atoms with Crippen molar-refractivity contribution in [3.05, 3.63) is 18.3 Å². The van der Waals surface area contributed by atoms with E-state index in [2.05, 4.69) is 10.3 Å². The zero-order valence-corrected chi connectivity index (χ0v) is 13.8. The molecule has 2 rings (SSSR count). The number of carbonyl (C=O) groups excluding carboxylic acids is 1. The number of hydrogen-bond donors (Lipinski definition) is 1. The Bertz CT molecular complexity index is 485. The van der Waals surface area contributed by atoms with E-state index in [0.29, 0.717) is 17.5 Å². The average molecular weight is 305 g/mol. The summed E-state index contributed by atoms with van der Waals surface area (Å²) in [7, 11) is 1.85. The van der Waals surface area contributed by atoms with Crippen LogP contribution in [0.4, 0.5) is 10.5 Å². The SMILES string of the molecule is CC(C)Oc1ncccc1NC(=O)N(C)CC1CCCCC1. The number of ether oxygens (including phenoxy) is 1. The lowest BCUT2D eigenvalue weighted by atomic mass is 9.89. The van der Waals surface area contributed by atoms with E-state index in [9.17, 15) is 4.79 Å². The molecule has 1 fully saturated rings. The van der Waals surface area contributed by atoms with Crippen molar-refractivity contribution in [2.24, 2.45) is 5.92 Å². The molecule has 122 valence electrons. The highest BCUT2D eigenvalue weighted by Gasteiger charge is 2.19. The van der Waals surface area contributed by atoms with E-state index in [1.807, 2.05) is 27.0 Å². The molecule has 2 amide bonds. The Morgan fingerprint density at radius 1 is 1.41 bits per heavy atom. The van der Waals surface area contributed by atoms with Crippen LogP contribution in [0, 0.1) is 5.92 Å². The quantitative estimate of drug-likeness (QED) is 0.897. The van der Waals surface area contributed by atoms with Crippen LogP contribution in [-0.2, 0) is 0 Å². The summed E-state index contributed by atoms with van der Waals surface area (Å²) in [5.41, 5.74) is 0.622. The van der Waals surface area contributed by atoms with Crippen molar-refractivity contribution < 1.29 is 9.53 Å². The predicted octanol–water partition coefficient (Wildman–Crippen LogP) is 3.91. The van der Waals surface area contributed by atoms with Crippen LogP contribution in [0.1, 0.15) is 46.0 Å². The Kier molecular flexibility index (Phi) is 6.04. The minimum atomic E-state index is -0.104. The molecule has 0 saturated heterocycles. The summed E-state index contributed by atoms with van der Waals surface area (Å²) in [6, 6.07) is 3.51. The van der Waals surface area contributed by atoms with Crippen LogP contribution < -0.4 is 10.1 Å². The molecule has 1 aliphatic carbocycles. The van der Waals surface area contributed by atoms with Crippen molar-refractivity contribution >= 4 is 11.7 Å². The lowest BCUT2D eigenvalue weighted by Crippen LogP contribution is -2.36. The molecule has 5 nitrogen and oxygen atoms in total. The Labute approximate surface area is 133 Å². The first-order chi connectivity index (χ1) is 10.6. The third-order valence-corrected chi connectivity index (χ3v) is 3.96. The number of urea groups is 1. The van der Waals surface area contributed by atoms with Crippen LogP contribution in [0.15, 0.2) is 18.3 Å². The van der Waals surface area contributed by atoms with E-state index in [0.717, 1.165) is 6.54 Å². The zero-order valence-electron chi connectivity index (χ0n) is 13.8. The van der Waals surface area contributed by atoms with Crippen molar-refractivity contribution in [3.8, 4) is 5.88 Å². The molecule has 0 aromatic carbocycles. The fourth-order valence-electron chi connectivity index (χ4n) is 2.85. The first-order valence-corrected chi connectivity index (χ1v) is 8.20. The van der Waals surface area contributed by atoms with Gasteiger partial charge >= 0.3 is 6.03 Å². The van der Waals surface area contributed by atoms with Crippen molar-refractivity contribution in [1.82, 2.24) is 9.88 Å². The van der Waals surface area contributed by atoms with Gasteiger partial charge in [0.25, 0.3) is 0 Å². The van der Waals surface area contributed by atoms with Gasteiger partial charge in [-0.3, -0.25) is 0 Å². The Balaban J connectivity index is 1.93. The minimum absolute atomic E-state index is 0.0190. The lowest BCUT2D eigenvalue weighted by Gasteiger charge is -2.27. The summed E-state index contributed by atoms with van der Waals surface area (Å²) >= 11 is 0. The second kappa shape index (κ2) is 8.01. The van der Waals surface area contributed by atoms with Crippen LogP contribution in [0.2, 0.25) is 0 Å². The summed E-state index contributed by atoms with van der Waals surface area (Å²) < 4.78 is 5.63. The highest BCUT2D eigenvalue weighted by atomic mass is 16.5. The minimum Gasteiger partial charge on any atom is -0.473 e. The molecular weight excluding hydrogens is 278 g/mol. The van der Waals surface area contributed by atoms with Crippen molar-refractivity contribution in [1.29, 1.82) is 0 Å². The van der Waals surface area contributed by atoms with Gasteiger partial charge in [-0.15, -0.1) is 0 Å². The molecule has 0 atom stereocenters. The van der Waals surface area contributed by atoms with Gasteiger partial charge in [0.15, 0.2) is 0 Å². The molecule has 0 bridgehead atoms. The standard InChI is InChI=1S/C17H27N3O2/c1-13(2)22-16-15(10-7-11-18-16)19-17(21)20(3)12-14-8-5-4-6-9-14/h7,10-11,13-14H,4-6,8-9,12H2,1-3H3,(H,19,21). The summed E-state index contributed by atoms with van der Waals surface area (Å²) in [4.78, 5) is 18.3. The van der Waals surface area contributed by atoms with Crippen LogP contribution in [0.5, 0.6) is 5.88 Å². The zero-order chi connectivity index (χ0) is 15.9. The maximum Gasteiger partial charge on any atom is 0.321 e. The summed E-state index contributed by atoms with van der Waals surface area (Å²) in [6.45, 7) is 4.69. The Hall–Kier alpha value is -1.78. The first-order valence-electron chi connectivity index (χ1n) is 8.20. The molecule has 22 heavy (non-hydrogen) atoms. The molecule has 0 unspecified atom stereocenters. The molecule has 5 heteroatoms. The third kappa shape index (κ3) is 4.90. The second-order valence-electron chi connectivity index (χ2n) is 6.34. The highest BCUT2D eigenvalue weighted by Crippen LogP contribution is 2.25. The maximum atomic E-state index is 12.4. The Morgan fingerprint density at radius 2 is 2.14 bits per heavy atom. The van der Waals surface area contributed by atoms with Gasteiger partial charge in [-0.05, 0) is 44.7 Å². The smallest absolute Gasteiger partial charge is 0.321 e. The van der Waals surface area contributed by atoms with Gasteiger partial charge in [-0.2, -0.15) is 0 Å². The normalized spacial score (nSPS) is 15.6. The van der Waals surface area contributed by atoms with Gasteiger partial charge in [0.2, 0.25) is 5.88 Å². The van der Waals surface area contributed by atoms with E-state index in [1.54, 1.807) is 17.2 Å². The number of aromatic nitrogens is 1. The van der Waals surface area contributed by atoms with Gasteiger partial charge < -0.3 is 15.0 Å². The molecule has 0 radical (unpaired) electrons. The van der Waals surface area contributed by atoms with Gasteiger partial charge in [0.05, 0.1) is 6.10 Å². The number of carbonyl (C=O) groups is 1. The van der Waals surface area contributed by atoms with E-state index in [1.165, 1.54) is 32.1 Å². The first kappa shape index (κ1) is 16.6. The molecular formula is C17H27N3O2. The number of amides is 2. The van der Waals surface area contributed by atoms with Crippen LogP contribution in [0.3, 0.4) is 0 Å². The van der Waals surface area contributed by atoms with E-state index in [4.69, 9.17) is 4.74 Å². The third-order valence-electron chi connectivity index (χ3n) is 3.96. The summed E-state index contributed by atoms with van der Waals surface area (Å²) in [5.74, 6) is 1.10. The molecule has 1 saturated carbocycles. The van der Waals surface area contributed by atoms with E-state index >= 15 is 0 Å². The molecule has 1 aliphatic rings. The molecule has 0 spiro atoms. The number of nitrogens with zero attached hydrogens (tertiary/aromatic N) is 2. The fraction of sp³-hybridized carbons (Fsp3) is 0.647. The molecule has 1 heterocycles. The van der Waals surface area contributed by atoms with Gasteiger partial charge in [0.1, 0.15) is 5.69 Å². The molecule has 0 aliphatic heterocycles. The maximum absolute atomic E-state index is 12.4. The number of hydrogen-bond acceptors (Lipinski definition) is 3. The fourth-order valence-corrected chi connectivity index (χ4v) is 2.85. The monoisotopic (exact) mass is 305 g/mol. The van der Waals surface area contributed by atoms with Gasteiger partial charge in [-0.25, -0.2) is 9.78 Å². The molecule has 1 aromatic rings. The average Bonchev–Trinajstić information content (AvgIpc) is 2.49. The van der Waals surface area contributed by atoms with Crippen LogP contribution in [0.25, 0.3) is 0 Å². The molecule has 1 N–H and O–H groups in total. The second-order valence-corrected chi connectivity index (χ2v) is 6.34. The van der Waals surface area contributed by atoms with Crippen molar-refractivity contribution in [2.45, 2.75) is 52.1 Å². The summed E-state index contributed by atoms with van der Waals surface area (Å²) in [6.07, 6.45) is 8.05.